The molecular weight excluding hydrogens is 428 g/mol. The summed E-state index contributed by atoms with van der Waals surface area (Å²) in [7, 11) is 0.596. The van der Waals surface area contributed by atoms with Crippen LogP contribution in [0.4, 0.5) is 5.69 Å². The van der Waals surface area contributed by atoms with Gasteiger partial charge in [0.2, 0.25) is 0 Å². The number of amides is 1. The fourth-order valence-corrected chi connectivity index (χ4v) is 4.59. The van der Waals surface area contributed by atoms with Gasteiger partial charge in [0, 0.05) is 25.2 Å². The number of nitrogens with one attached hydrogen (secondary N) is 1. The number of unbranched alkanes of at least 4 members (excludes halogenated alkanes) is 1. The molecule has 0 aliphatic carbocycles. The Morgan fingerprint density at radius 1 is 1.03 bits per heavy atom. The van der Waals surface area contributed by atoms with E-state index in [-0.39, 0.29) is 10.8 Å². The highest BCUT2D eigenvalue weighted by atomic mass is 32.2. The van der Waals surface area contributed by atoms with Crippen LogP contribution in [0.25, 0.3) is 0 Å². The second kappa shape index (κ2) is 11.8. The lowest BCUT2D eigenvalue weighted by molar-refractivity contribution is 0.0946. The summed E-state index contributed by atoms with van der Waals surface area (Å²) in [6.45, 7) is 4.94. The summed E-state index contributed by atoms with van der Waals surface area (Å²) < 4.78 is 37.7. The molecule has 1 N–H and O–H groups in total. The van der Waals surface area contributed by atoms with Gasteiger partial charge in [0.1, 0.15) is 0 Å². The van der Waals surface area contributed by atoms with Gasteiger partial charge in [0.15, 0.2) is 11.5 Å². The number of hydrogen-bond donors (Lipinski definition) is 1. The van der Waals surface area contributed by atoms with Gasteiger partial charge in [-0.15, -0.1) is 0 Å². The Morgan fingerprint density at radius 3 is 2.25 bits per heavy atom. The van der Waals surface area contributed by atoms with Crippen LogP contribution in [0.15, 0.2) is 47.4 Å². The molecule has 2 aromatic rings. The molecule has 2 rings (SSSR count). The van der Waals surface area contributed by atoms with Gasteiger partial charge >= 0.3 is 0 Å². The molecule has 0 aliphatic heterocycles. The Balaban J connectivity index is 2.12. The molecule has 8 heteroatoms. The Kier molecular flexibility index (Phi) is 9.38. The van der Waals surface area contributed by atoms with Crippen molar-refractivity contribution in [1.82, 2.24) is 5.32 Å². The topological polar surface area (TPSA) is 84.9 Å². The van der Waals surface area contributed by atoms with Crippen molar-refractivity contribution in [1.29, 1.82) is 0 Å². The molecule has 0 radical (unpaired) electrons. The Hall–Kier alpha value is -2.74. The van der Waals surface area contributed by atoms with Crippen molar-refractivity contribution in [3.8, 4) is 11.5 Å². The molecule has 176 valence electrons. The largest absolute Gasteiger partial charge is 0.493 e. The number of methoxy groups -OCH3 is 2. The van der Waals surface area contributed by atoms with Gasteiger partial charge in [-0.2, -0.15) is 0 Å². The van der Waals surface area contributed by atoms with Gasteiger partial charge in [0.05, 0.1) is 24.8 Å². The van der Waals surface area contributed by atoms with Gasteiger partial charge in [-0.3, -0.25) is 9.10 Å². The molecule has 0 unspecified atom stereocenters. The summed E-state index contributed by atoms with van der Waals surface area (Å²) in [6, 6.07) is 11.0. The number of carbonyl (C=O) groups is 1. The van der Waals surface area contributed by atoms with Crippen molar-refractivity contribution >= 4 is 21.6 Å². The second-order valence-corrected chi connectivity index (χ2v) is 9.63. The zero-order valence-electron chi connectivity index (χ0n) is 19.6. The van der Waals surface area contributed by atoms with Crippen molar-refractivity contribution < 1.29 is 22.7 Å². The molecule has 0 saturated heterocycles. The van der Waals surface area contributed by atoms with Gasteiger partial charge < -0.3 is 14.8 Å². The first kappa shape index (κ1) is 25.5. The fourth-order valence-electron chi connectivity index (χ4n) is 3.38. The average molecular weight is 463 g/mol. The second-order valence-electron chi connectivity index (χ2n) is 7.66. The first-order valence-electron chi connectivity index (χ1n) is 10.9. The highest BCUT2D eigenvalue weighted by molar-refractivity contribution is 7.92. The number of hydrogen-bond acceptors (Lipinski definition) is 5. The lowest BCUT2D eigenvalue weighted by Gasteiger charge is -2.20. The van der Waals surface area contributed by atoms with E-state index in [0.717, 1.165) is 25.7 Å². The van der Waals surface area contributed by atoms with E-state index in [2.05, 4.69) is 19.2 Å². The van der Waals surface area contributed by atoms with E-state index in [4.69, 9.17) is 9.47 Å². The van der Waals surface area contributed by atoms with Crippen LogP contribution in [-0.4, -0.2) is 42.1 Å². The molecule has 0 bridgehead atoms. The number of ether oxygens (including phenoxy) is 2. The Morgan fingerprint density at radius 2 is 1.69 bits per heavy atom. The van der Waals surface area contributed by atoms with E-state index in [9.17, 15) is 13.2 Å². The Bertz CT molecular complexity index is 990. The molecule has 0 heterocycles. The molecule has 0 fully saturated rings. The summed E-state index contributed by atoms with van der Waals surface area (Å²) in [6.07, 6.45) is 4.43. The maximum Gasteiger partial charge on any atom is 0.264 e. The molecule has 1 atom stereocenters. The highest BCUT2D eigenvalue weighted by Crippen LogP contribution is 2.31. The Labute approximate surface area is 191 Å². The van der Waals surface area contributed by atoms with Crippen molar-refractivity contribution in [2.75, 3.05) is 32.1 Å². The van der Waals surface area contributed by atoms with Crippen molar-refractivity contribution in [2.24, 2.45) is 5.92 Å². The van der Waals surface area contributed by atoms with Crippen LogP contribution in [0.3, 0.4) is 0 Å². The van der Waals surface area contributed by atoms with E-state index < -0.39 is 10.0 Å². The maximum absolute atomic E-state index is 13.1. The minimum Gasteiger partial charge on any atom is -0.493 e. The molecule has 0 saturated carbocycles. The van der Waals surface area contributed by atoms with Gasteiger partial charge in [-0.25, -0.2) is 8.42 Å². The normalized spacial score (nSPS) is 12.2. The smallest absolute Gasteiger partial charge is 0.264 e. The van der Waals surface area contributed by atoms with Gasteiger partial charge in [-0.1, -0.05) is 33.1 Å². The quantitative estimate of drug-likeness (QED) is 0.503. The summed E-state index contributed by atoms with van der Waals surface area (Å²) >= 11 is 0. The highest BCUT2D eigenvalue weighted by Gasteiger charge is 2.23. The molecule has 0 spiro atoms. The van der Waals surface area contributed by atoms with E-state index in [1.165, 1.54) is 37.7 Å². The van der Waals surface area contributed by atoms with Crippen LogP contribution >= 0.6 is 0 Å². The minimum absolute atomic E-state index is 0.0807. The maximum atomic E-state index is 13.1. The minimum atomic E-state index is -3.82. The molecule has 0 aromatic heterocycles. The summed E-state index contributed by atoms with van der Waals surface area (Å²) in [4.78, 5) is 12.6. The fraction of sp³-hybridized carbons (Fsp3) is 0.458. The number of anilines is 1. The lowest BCUT2D eigenvalue weighted by atomic mass is 9.99. The van der Waals surface area contributed by atoms with Crippen LogP contribution in [0, 0.1) is 5.92 Å². The van der Waals surface area contributed by atoms with Crippen LogP contribution < -0.4 is 19.1 Å². The number of rotatable bonds is 12. The van der Waals surface area contributed by atoms with Crippen LogP contribution in [0.1, 0.15) is 49.9 Å². The molecule has 1 amide bonds. The first-order chi connectivity index (χ1) is 15.3. The summed E-state index contributed by atoms with van der Waals surface area (Å²) in [5.74, 6) is 1.09. The first-order valence-corrected chi connectivity index (χ1v) is 12.3. The van der Waals surface area contributed by atoms with E-state index in [0.29, 0.717) is 35.2 Å². The van der Waals surface area contributed by atoms with E-state index in [1.807, 2.05) is 0 Å². The average Bonchev–Trinajstić information content (AvgIpc) is 2.83. The zero-order valence-corrected chi connectivity index (χ0v) is 20.4. The van der Waals surface area contributed by atoms with E-state index in [1.54, 1.807) is 30.3 Å². The van der Waals surface area contributed by atoms with Crippen molar-refractivity contribution in [3.63, 3.8) is 0 Å². The van der Waals surface area contributed by atoms with Gasteiger partial charge in [0.25, 0.3) is 15.9 Å². The monoisotopic (exact) mass is 462 g/mol. The molecule has 7 nitrogen and oxygen atoms in total. The predicted octanol–water partition coefficient (Wildman–Crippen LogP) is 4.48. The predicted molar refractivity (Wildman–Crippen MR) is 127 cm³/mol. The third kappa shape index (κ3) is 6.16. The van der Waals surface area contributed by atoms with Crippen molar-refractivity contribution in [2.45, 2.75) is 44.4 Å². The van der Waals surface area contributed by atoms with Crippen LogP contribution in [0.5, 0.6) is 11.5 Å². The molecule has 0 aliphatic rings. The third-order valence-electron chi connectivity index (χ3n) is 5.60. The number of carbonyl (C=O) groups excluding carboxylic acids is 1. The lowest BCUT2D eigenvalue weighted by Crippen LogP contribution is -2.29. The SMILES string of the molecule is CCCC[C@@H](CC)CNC(=O)c1ccc(N(C)S(=O)(=O)c2ccc(OC)c(OC)c2)cc1. The summed E-state index contributed by atoms with van der Waals surface area (Å²) in [5.41, 5.74) is 0.946. The van der Waals surface area contributed by atoms with Crippen LogP contribution in [-0.2, 0) is 10.0 Å². The third-order valence-corrected chi connectivity index (χ3v) is 7.38. The van der Waals surface area contributed by atoms with Crippen LogP contribution in [0.2, 0.25) is 0 Å². The standard InChI is InChI=1S/C24H34N2O5S/c1-6-8-9-18(7-2)17-25-24(27)19-10-12-20(13-11-19)26(3)32(28,29)21-14-15-22(30-4)23(16-21)31-5/h10-16,18H,6-9,17H2,1-5H3,(H,25,27)/t18-/m1/s1. The number of nitrogens with zero attached hydrogens (tertiary/aromatic N) is 1. The van der Waals surface area contributed by atoms with E-state index >= 15 is 0 Å². The molecule has 32 heavy (non-hydrogen) atoms. The number of benzene rings is 2. The van der Waals surface area contributed by atoms with Crippen molar-refractivity contribution in [3.05, 3.63) is 48.0 Å². The number of sulfonamides is 1. The van der Waals surface area contributed by atoms with Gasteiger partial charge in [-0.05, 0) is 48.7 Å². The molecular formula is C24H34N2O5S. The molecule has 2 aromatic carbocycles. The summed E-state index contributed by atoms with van der Waals surface area (Å²) in [5, 5.41) is 2.99. The zero-order chi connectivity index (χ0) is 23.7.